The number of anilines is 1. The lowest BCUT2D eigenvalue weighted by Gasteiger charge is -2.26. The first kappa shape index (κ1) is 13.9. The van der Waals surface area contributed by atoms with E-state index in [1.54, 1.807) is 24.3 Å². The van der Waals surface area contributed by atoms with Crippen LogP contribution in [0.15, 0.2) is 24.3 Å². The van der Waals surface area contributed by atoms with Gasteiger partial charge >= 0.3 is 12.0 Å². The molecular weight excluding hydrogens is 262 g/mol. The lowest BCUT2D eigenvalue weighted by Crippen LogP contribution is -2.51. The quantitative estimate of drug-likeness (QED) is 0.739. The number of nitrogens with zero attached hydrogens (tertiary/aromatic N) is 1. The highest BCUT2D eigenvalue weighted by molar-refractivity contribution is 5.93. The normalized spacial score (nSPS) is 14.6. The van der Waals surface area contributed by atoms with Crippen molar-refractivity contribution in [1.82, 2.24) is 10.2 Å². The number of hydrogen-bond donors (Lipinski definition) is 3. The number of nitrogens with one attached hydrogen (secondary N) is 2. The van der Waals surface area contributed by atoms with Gasteiger partial charge in [0.05, 0.1) is 6.42 Å². The molecule has 1 heterocycles. The molecule has 7 heteroatoms. The SMILES string of the molecule is O=C(O)Cc1cccc(NC(=O)N2CCNC(=O)C2)c1. The van der Waals surface area contributed by atoms with Gasteiger partial charge in [0.2, 0.25) is 5.91 Å². The predicted molar refractivity (Wildman–Crippen MR) is 71.4 cm³/mol. The molecule has 0 saturated carbocycles. The Morgan fingerprint density at radius 2 is 2.20 bits per heavy atom. The first-order valence-corrected chi connectivity index (χ1v) is 6.18. The molecular formula is C13H15N3O4. The molecule has 0 aromatic heterocycles. The van der Waals surface area contributed by atoms with E-state index in [1.807, 2.05) is 0 Å². The fraction of sp³-hybridized carbons (Fsp3) is 0.308. The van der Waals surface area contributed by atoms with Crippen molar-refractivity contribution in [3.05, 3.63) is 29.8 Å². The van der Waals surface area contributed by atoms with E-state index in [4.69, 9.17) is 5.11 Å². The van der Waals surface area contributed by atoms with Gasteiger partial charge in [-0.3, -0.25) is 9.59 Å². The van der Waals surface area contributed by atoms with Crippen LogP contribution in [0.1, 0.15) is 5.56 Å². The lowest BCUT2D eigenvalue weighted by atomic mass is 10.1. The molecule has 3 N–H and O–H groups in total. The van der Waals surface area contributed by atoms with Crippen LogP contribution >= 0.6 is 0 Å². The summed E-state index contributed by atoms with van der Waals surface area (Å²) in [7, 11) is 0. The van der Waals surface area contributed by atoms with Crippen molar-refractivity contribution in [1.29, 1.82) is 0 Å². The molecule has 0 atom stereocenters. The number of urea groups is 1. The van der Waals surface area contributed by atoms with E-state index < -0.39 is 5.97 Å². The highest BCUT2D eigenvalue weighted by Crippen LogP contribution is 2.12. The molecule has 0 spiro atoms. The summed E-state index contributed by atoms with van der Waals surface area (Å²) in [5.41, 5.74) is 1.12. The van der Waals surface area contributed by atoms with Crippen LogP contribution in [0.3, 0.4) is 0 Å². The number of rotatable bonds is 3. The predicted octanol–water partition coefficient (Wildman–Crippen LogP) is 0.277. The second-order valence-corrected chi connectivity index (χ2v) is 4.47. The minimum Gasteiger partial charge on any atom is -0.481 e. The van der Waals surface area contributed by atoms with Crippen LogP contribution in [-0.2, 0) is 16.0 Å². The number of carbonyl (C=O) groups excluding carboxylic acids is 2. The summed E-state index contributed by atoms with van der Waals surface area (Å²) in [6.45, 7) is 0.915. The summed E-state index contributed by atoms with van der Waals surface area (Å²) in [5, 5.41) is 14.0. The van der Waals surface area contributed by atoms with Gasteiger partial charge in [-0.1, -0.05) is 12.1 Å². The maximum atomic E-state index is 12.0. The number of amides is 3. The van der Waals surface area contributed by atoms with Gasteiger partial charge in [-0.25, -0.2) is 4.79 Å². The number of carboxylic acid groups (broad SMARTS) is 1. The molecule has 2 rings (SSSR count). The minimum atomic E-state index is -0.929. The topological polar surface area (TPSA) is 98.7 Å². The van der Waals surface area contributed by atoms with Gasteiger partial charge in [-0.2, -0.15) is 0 Å². The van der Waals surface area contributed by atoms with Crippen LogP contribution in [0.4, 0.5) is 10.5 Å². The number of piperazine rings is 1. The summed E-state index contributed by atoms with van der Waals surface area (Å²) in [5.74, 6) is -1.12. The molecule has 106 valence electrons. The maximum Gasteiger partial charge on any atom is 0.322 e. The summed E-state index contributed by atoms with van der Waals surface area (Å²) in [6, 6.07) is 6.27. The molecule has 1 aliphatic heterocycles. The Morgan fingerprint density at radius 1 is 1.40 bits per heavy atom. The zero-order valence-electron chi connectivity index (χ0n) is 10.8. The Morgan fingerprint density at radius 3 is 2.90 bits per heavy atom. The second kappa shape index (κ2) is 6.05. The van der Waals surface area contributed by atoms with Gasteiger partial charge < -0.3 is 20.6 Å². The Kier molecular flexibility index (Phi) is 4.19. The molecule has 0 unspecified atom stereocenters. The third kappa shape index (κ3) is 3.71. The van der Waals surface area contributed by atoms with E-state index in [2.05, 4.69) is 10.6 Å². The Balaban J connectivity index is 2.00. The first-order chi connectivity index (χ1) is 9.54. The third-order valence-electron chi connectivity index (χ3n) is 2.86. The number of benzene rings is 1. The number of carbonyl (C=O) groups is 3. The second-order valence-electron chi connectivity index (χ2n) is 4.47. The van der Waals surface area contributed by atoms with Gasteiger partial charge in [0.25, 0.3) is 0 Å². The van der Waals surface area contributed by atoms with Crippen LogP contribution in [-0.4, -0.2) is 47.5 Å². The van der Waals surface area contributed by atoms with Crippen molar-refractivity contribution in [2.75, 3.05) is 25.0 Å². The maximum absolute atomic E-state index is 12.0. The number of carboxylic acids is 1. The van der Waals surface area contributed by atoms with Crippen LogP contribution in [0.25, 0.3) is 0 Å². The van der Waals surface area contributed by atoms with Gasteiger partial charge in [0.1, 0.15) is 6.54 Å². The molecule has 0 radical (unpaired) electrons. The lowest BCUT2D eigenvalue weighted by molar-refractivity contribution is -0.136. The molecule has 0 aliphatic carbocycles. The van der Waals surface area contributed by atoms with E-state index >= 15 is 0 Å². The standard InChI is InChI=1S/C13H15N3O4/c17-11-8-16(5-4-14-11)13(20)15-10-3-1-2-9(6-10)7-12(18)19/h1-3,6H,4-5,7-8H2,(H,14,17)(H,15,20)(H,18,19). The van der Waals surface area contributed by atoms with Gasteiger partial charge in [-0.15, -0.1) is 0 Å². The van der Waals surface area contributed by atoms with Crippen LogP contribution in [0, 0.1) is 0 Å². The molecule has 20 heavy (non-hydrogen) atoms. The van der Waals surface area contributed by atoms with Crippen molar-refractivity contribution in [3.8, 4) is 0 Å². The summed E-state index contributed by atoms with van der Waals surface area (Å²) in [6.07, 6.45) is -0.101. The van der Waals surface area contributed by atoms with Gasteiger partial charge in [0.15, 0.2) is 0 Å². The average molecular weight is 277 g/mol. The van der Waals surface area contributed by atoms with Crippen molar-refractivity contribution in [2.45, 2.75) is 6.42 Å². The summed E-state index contributed by atoms with van der Waals surface area (Å²) in [4.78, 5) is 35.2. The molecule has 0 bridgehead atoms. The van der Waals surface area contributed by atoms with Crippen molar-refractivity contribution in [3.63, 3.8) is 0 Å². The van der Waals surface area contributed by atoms with E-state index in [9.17, 15) is 14.4 Å². The number of aliphatic carboxylic acids is 1. The Hall–Kier alpha value is -2.57. The molecule has 1 aromatic rings. The summed E-state index contributed by atoms with van der Waals surface area (Å²) >= 11 is 0. The molecule has 3 amide bonds. The van der Waals surface area contributed by atoms with E-state index in [0.717, 1.165) is 0 Å². The molecule has 1 saturated heterocycles. The van der Waals surface area contributed by atoms with Crippen molar-refractivity contribution < 1.29 is 19.5 Å². The first-order valence-electron chi connectivity index (χ1n) is 6.18. The minimum absolute atomic E-state index is 0.0284. The largest absolute Gasteiger partial charge is 0.481 e. The molecule has 7 nitrogen and oxygen atoms in total. The zero-order chi connectivity index (χ0) is 14.5. The zero-order valence-corrected chi connectivity index (χ0v) is 10.8. The smallest absolute Gasteiger partial charge is 0.322 e. The molecule has 1 fully saturated rings. The van der Waals surface area contributed by atoms with E-state index in [1.165, 1.54) is 4.90 Å². The average Bonchev–Trinajstić information content (AvgIpc) is 2.38. The highest BCUT2D eigenvalue weighted by atomic mass is 16.4. The van der Waals surface area contributed by atoms with Crippen LogP contribution in [0.5, 0.6) is 0 Å². The molecule has 1 aromatic carbocycles. The van der Waals surface area contributed by atoms with E-state index in [0.29, 0.717) is 24.3 Å². The van der Waals surface area contributed by atoms with Gasteiger partial charge in [0, 0.05) is 18.8 Å². The Labute approximate surface area is 115 Å². The number of hydrogen-bond acceptors (Lipinski definition) is 3. The fourth-order valence-electron chi connectivity index (χ4n) is 1.95. The summed E-state index contributed by atoms with van der Waals surface area (Å²) < 4.78 is 0. The van der Waals surface area contributed by atoms with Crippen molar-refractivity contribution >= 4 is 23.6 Å². The van der Waals surface area contributed by atoms with E-state index in [-0.39, 0.29) is 24.9 Å². The van der Waals surface area contributed by atoms with Crippen molar-refractivity contribution in [2.24, 2.45) is 0 Å². The highest BCUT2D eigenvalue weighted by Gasteiger charge is 2.20. The van der Waals surface area contributed by atoms with Crippen LogP contribution in [0.2, 0.25) is 0 Å². The monoisotopic (exact) mass is 277 g/mol. The van der Waals surface area contributed by atoms with Gasteiger partial charge in [-0.05, 0) is 17.7 Å². The fourth-order valence-corrected chi connectivity index (χ4v) is 1.95. The van der Waals surface area contributed by atoms with Crippen LogP contribution < -0.4 is 10.6 Å². The third-order valence-corrected chi connectivity index (χ3v) is 2.86. The molecule has 1 aliphatic rings. The Bertz CT molecular complexity index is 544.